The summed E-state index contributed by atoms with van der Waals surface area (Å²) in [4.78, 5) is 7.59. The second-order valence-corrected chi connectivity index (χ2v) is 9.78. The third-order valence-corrected chi connectivity index (χ3v) is 7.36. The lowest BCUT2D eigenvalue weighted by Gasteiger charge is -2.74. The highest BCUT2D eigenvalue weighted by atomic mass is 19.4. The molecule has 2 atom stereocenters. The van der Waals surface area contributed by atoms with Crippen molar-refractivity contribution in [2.75, 3.05) is 6.61 Å². The Kier molecular flexibility index (Phi) is 5.90. The van der Waals surface area contributed by atoms with Crippen molar-refractivity contribution in [2.24, 2.45) is 5.41 Å². The molecule has 3 fully saturated rings. The molecule has 0 amide bonds. The van der Waals surface area contributed by atoms with Gasteiger partial charge in [-0.1, -0.05) is 0 Å². The van der Waals surface area contributed by atoms with Gasteiger partial charge in [0.2, 0.25) is 0 Å². The Morgan fingerprint density at radius 3 is 2.26 bits per heavy atom. The highest BCUT2D eigenvalue weighted by molar-refractivity contribution is 5.41. The molecule has 0 unspecified atom stereocenters. The van der Waals surface area contributed by atoms with Crippen molar-refractivity contribution in [1.82, 2.24) is 30.2 Å². The predicted octanol–water partition coefficient (Wildman–Crippen LogP) is 2.69. The number of halogens is 7. The largest absolute Gasteiger partial charge is 0.460 e. The molecule has 0 aliphatic heterocycles. The Labute approximate surface area is 209 Å². The molecule has 3 aliphatic carbocycles. The smallest absolute Gasteiger partial charge is 0.417 e. The van der Waals surface area contributed by atoms with Crippen LogP contribution in [0, 0.1) is 17.0 Å². The first kappa shape index (κ1) is 26.2. The highest BCUT2D eigenvalue weighted by Gasteiger charge is 2.82. The molecule has 2 aromatic heterocycles. The second kappa shape index (κ2) is 8.56. The van der Waals surface area contributed by atoms with Crippen LogP contribution in [0.25, 0.3) is 0 Å². The maximum Gasteiger partial charge on any atom is 0.417 e. The summed E-state index contributed by atoms with van der Waals surface area (Å²) in [7, 11) is 0. The first-order valence-corrected chi connectivity index (χ1v) is 11.2. The zero-order chi connectivity index (χ0) is 27.6. The minimum absolute atomic E-state index is 0.135. The van der Waals surface area contributed by atoms with Crippen LogP contribution < -0.4 is 4.74 Å². The van der Waals surface area contributed by atoms with E-state index in [1.807, 2.05) is 0 Å². The Hall–Kier alpha value is -3.40. The molecule has 2 heterocycles. The fourth-order valence-corrected chi connectivity index (χ4v) is 5.44. The number of tetrazole rings is 1. The van der Waals surface area contributed by atoms with Gasteiger partial charge in [-0.2, -0.15) is 13.2 Å². The molecule has 16 heteroatoms. The zero-order valence-corrected chi connectivity index (χ0v) is 19.2. The number of hydrogen-bond acceptors (Lipinski definition) is 8. The van der Waals surface area contributed by atoms with E-state index in [1.165, 1.54) is 12.4 Å². The molecule has 2 N–H and O–H groups in total. The first-order chi connectivity index (χ1) is 17.7. The number of nitrogens with zero attached hydrogens (tertiary/aromatic N) is 6. The van der Waals surface area contributed by atoms with Crippen LogP contribution in [0.1, 0.15) is 30.4 Å². The van der Waals surface area contributed by atoms with Crippen LogP contribution in [-0.2, 0) is 17.6 Å². The lowest BCUT2D eigenvalue weighted by molar-refractivity contribution is -0.347. The van der Waals surface area contributed by atoms with Gasteiger partial charge in [-0.25, -0.2) is 32.2 Å². The van der Waals surface area contributed by atoms with Crippen LogP contribution in [0.15, 0.2) is 36.9 Å². The molecule has 38 heavy (non-hydrogen) atoms. The van der Waals surface area contributed by atoms with Gasteiger partial charge in [0.1, 0.15) is 24.6 Å². The summed E-state index contributed by atoms with van der Waals surface area (Å²) in [6, 6.07) is 1.48. The number of aromatic nitrogens is 6. The highest BCUT2D eigenvalue weighted by Crippen LogP contribution is 2.80. The van der Waals surface area contributed by atoms with E-state index in [-0.39, 0.29) is 19.3 Å². The molecule has 0 spiro atoms. The Bertz CT molecular complexity index is 1300. The van der Waals surface area contributed by atoms with Crippen LogP contribution >= 0.6 is 0 Å². The molecule has 3 aromatic rings. The quantitative estimate of drug-likeness (QED) is 0.392. The number of aliphatic hydroxyl groups is 2. The van der Waals surface area contributed by atoms with E-state index in [0.717, 1.165) is 23.1 Å². The van der Waals surface area contributed by atoms with Gasteiger partial charge in [-0.05, 0) is 47.4 Å². The van der Waals surface area contributed by atoms with Gasteiger partial charge < -0.3 is 14.9 Å². The molecule has 1 aromatic carbocycles. The maximum atomic E-state index is 16.2. The minimum atomic E-state index is -4.88. The zero-order valence-electron chi connectivity index (χ0n) is 19.2. The third kappa shape index (κ3) is 3.97. The summed E-state index contributed by atoms with van der Waals surface area (Å²) in [6.07, 6.45) is -4.58. The van der Waals surface area contributed by atoms with Crippen molar-refractivity contribution in [3.63, 3.8) is 0 Å². The van der Waals surface area contributed by atoms with E-state index in [9.17, 15) is 27.1 Å². The average Bonchev–Trinajstić information content (AvgIpc) is 3.28. The molecule has 6 rings (SSSR count). The van der Waals surface area contributed by atoms with Gasteiger partial charge in [-0.15, -0.1) is 5.10 Å². The fraction of sp³-hybridized carbons (Fsp3) is 0.500. The molecule has 9 nitrogen and oxygen atoms in total. The van der Waals surface area contributed by atoms with Crippen LogP contribution in [0.4, 0.5) is 30.7 Å². The monoisotopic (exact) mass is 548 g/mol. The van der Waals surface area contributed by atoms with Gasteiger partial charge in [0.15, 0.2) is 11.7 Å². The van der Waals surface area contributed by atoms with Gasteiger partial charge in [0.05, 0.1) is 6.54 Å². The van der Waals surface area contributed by atoms with E-state index in [4.69, 9.17) is 9.84 Å². The van der Waals surface area contributed by atoms with Crippen molar-refractivity contribution in [2.45, 2.75) is 55.0 Å². The molecule has 0 radical (unpaired) electrons. The van der Waals surface area contributed by atoms with Crippen molar-refractivity contribution < 1.29 is 45.7 Å². The number of alkyl halides is 5. The summed E-state index contributed by atoms with van der Waals surface area (Å²) < 4.78 is 103. The summed E-state index contributed by atoms with van der Waals surface area (Å²) >= 11 is 0. The SMILES string of the molecule is O[C@H](COc1ncc(C23CC(C(F)(F)[C@@](O)(Cn4cnnn4)c4ccc(F)cc4F)(C2)C3)cn1)C(F)(F)F. The average molecular weight is 548 g/mol. The molecule has 204 valence electrons. The molecule has 3 aliphatic rings. The van der Waals surface area contributed by atoms with Gasteiger partial charge in [-0.3, -0.25) is 0 Å². The van der Waals surface area contributed by atoms with E-state index >= 15 is 8.78 Å². The van der Waals surface area contributed by atoms with Crippen LogP contribution in [0.3, 0.4) is 0 Å². The molecular formula is C22H19F7N6O3. The van der Waals surface area contributed by atoms with Crippen molar-refractivity contribution in [3.8, 4) is 6.01 Å². The standard InChI is InChI=1S/C22H19F7N6O3/c23-13-1-2-14(15(24)3-13)20(37,10-35-11-32-33-34-35)22(28,29)19-7-18(8-19,9-19)12-4-30-17(31-5-12)38-6-16(36)21(25,26)27/h1-5,11,16,36-37H,6-10H2/t16-,18?,19?,20-/m1/s1. The number of aliphatic hydroxyl groups excluding tert-OH is 1. The number of ether oxygens (including phenoxy) is 1. The fourth-order valence-electron chi connectivity index (χ4n) is 5.44. The normalized spacial score (nSPS) is 25.2. The summed E-state index contributed by atoms with van der Waals surface area (Å²) in [5.41, 5.74) is -6.06. The summed E-state index contributed by atoms with van der Waals surface area (Å²) in [5, 5.41) is 30.5. The third-order valence-electron chi connectivity index (χ3n) is 7.36. The van der Waals surface area contributed by atoms with Crippen molar-refractivity contribution in [1.29, 1.82) is 0 Å². The Balaban J connectivity index is 1.35. The number of hydrogen-bond donors (Lipinski definition) is 2. The van der Waals surface area contributed by atoms with E-state index in [0.29, 0.717) is 11.6 Å². The van der Waals surface area contributed by atoms with Gasteiger partial charge in [0.25, 0.3) is 5.92 Å². The van der Waals surface area contributed by atoms with Crippen LogP contribution in [-0.4, -0.2) is 65.2 Å². The molecule has 3 saturated carbocycles. The second-order valence-electron chi connectivity index (χ2n) is 9.78. The van der Waals surface area contributed by atoms with E-state index < -0.39 is 71.0 Å². The molecule has 2 bridgehead atoms. The minimum Gasteiger partial charge on any atom is -0.460 e. The first-order valence-electron chi connectivity index (χ1n) is 11.2. The lowest BCUT2D eigenvalue weighted by Crippen LogP contribution is -2.76. The van der Waals surface area contributed by atoms with Crippen molar-refractivity contribution in [3.05, 3.63) is 59.7 Å². The lowest BCUT2D eigenvalue weighted by atomic mass is 9.31. The predicted molar refractivity (Wildman–Crippen MR) is 111 cm³/mol. The summed E-state index contributed by atoms with van der Waals surface area (Å²) in [6.45, 7) is -2.04. The van der Waals surface area contributed by atoms with Crippen molar-refractivity contribution >= 4 is 0 Å². The molecular weight excluding hydrogens is 529 g/mol. The number of rotatable bonds is 9. The Morgan fingerprint density at radius 1 is 1.05 bits per heavy atom. The van der Waals surface area contributed by atoms with E-state index in [2.05, 4.69) is 25.5 Å². The van der Waals surface area contributed by atoms with Gasteiger partial charge in [0, 0.05) is 34.9 Å². The van der Waals surface area contributed by atoms with Crippen LogP contribution in [0.5, 0.6) is 6.01 Å². The van der Waals surface area contributed by atoms with Crippen LogP contribution in [0.2, 0.25) is 0 Å². The molecule has 0 saturated heterocycles. The maximum absolute atomic E-state index is 16.2. The summed E-state index contributed by atoms with van der Waals surface area (Å²) in [5.74, 6) is -6.30. The van der Waals surface area contributed by atoms with Gasteiger partial charge >= 0.3 is 12.2 Å². The topological polar surface area (TPSA) is 119 Å². The van der Waals surface area contributed by atoms with E-state index in [1.54, 1.807) is 0 Å². The number of benzene rings is 1. The Morgan fingerprint density at radius 2 is 1.71 bits per heavy atom.